The van der Waals surface area contributed by atoms with Crippen LogP contribution in [0, 0.1) is 17.0 Å². The van der Waals surface area contributed by atoms with Gasteiger partial charge in [0.25, 0.3) is 0 Å². The van der Waals surface area contributed by atoms with Crippen molar-refractivity contribution in [1.29, 1.82) is 0 Å². The first-order chi connectivity index (χ1) is 14.0. The van der Waals surface area contributed by atoms with Crippen LogP contribution in [-0.4, -0.2) is 19.9 Å². The number of nitro groups is 1. The first-order valence-electron chi connectivity index (χ1n) is 8.68. The lowest BCUT2D eigenvalue weighted by atomic mass is 10.1. The highest BCUT2D eigenvalue weighted by Crippen LogP contribution is 2.34. The molecule has 0 saturated carbocycles. The topological polar surface area (TPSA) is 120 Å². The molecule has 0 aliphatic carbocycles. The zero-order valence-corrected chi connectivity index (χ0v) is 16.2. The molecule has 144 valence electrons. The van der Waals surface area contributed by atoms with E-state index in [0.717, 1.165) is 26.7 Å². The number of aryl methyl sites for hydroxylation is 1. The van der Waals surface area contributed by atoms with Crippen molar-refractivity contribution >= 4 is 34.3 Å². The molecule has 0 saturated heterocycles. The summed E-state index contributed by atoms with van der Waals surface area (Å²) in [6.45, 7) is 2.04. The van der Waals surface area contributed by atoms with Crippen molar-refractivity contribution in [2.45, 2.75) is 6.92 Å². The Balaban J connectivity index is 1.61. The molecule has 2 heterocycles. The van der Waals surface area contributed by atoms with Gasteiger partial charge in [0.2, 0.25) is 11.6 Å². The molecule has 0 unspecified atom stereocenters. The average molecular weight is 404 g/mol. The van der Waals surface area contributed by atoms with E-state index in [1.54, 1.807) is 11.3 Å². The zero-order chi connectivity index (χ0) is 20.4. The maximum absolute atomic E-state index is 11.2. The van der Waals surface area contributed by atoms with E-state index in [0.29, 0.717) is 5.69 Å². The zero-order valence-electron chi connectivity index (χ0n) is 15.4. The van der Waals surface area contributed by atoms with Crippen molar-refractivity contribution in [3.63, 3.8) is 0 Å². The molecule has 9 heteroatoms. The van der Waals surface area contributed by atoms with E-state index in [-0.39, 0.29) is 17.3 Å². The molecule has 8 nitrogen and oxygen atoms in total. The SMILES string of the molecule is Cc1sc(-c2ccccc2)nc1-c1ccc(Nc2ncnc(N)c2[N+](=O)[O-])cc1. The summed E-state index contributed by atoms with van der Waals surface area (Å²) in [5, 5.41) is 15.1. The molecule has 0 fully saturated rings. The van der Waals surface area contributed by atoms with Crippen LogP contribution >= 0.6 is 11.3 Å². The molecule has 4 aromatic rings. The van der Waals surface area contributed by atoms with E-state index in [1.807, 2.05) is 61.5 Å². The molecule has 29 heavy (non-hydrogen) atoms. The largest absolute Gasteiger partial charge is 0.378 e. The molecule has 0 aliphatic rings. The molecule has 4 rings (SSSR count). The van der Waals surface area contributed by atoms with Crippen LogP contribution < -0.4 is 11.1 Å². The highest BCUT2D eigenvalue weighted by Gasteiger charge is 2.21. The van der Waals surface area contributed by atoms with Gasteiger partial charge in [0.15, 0.2) is 0 Å². The number of anilines is 3. The lowest BCUT2D eigenvalue weighted by molar-refractivity contribution is -0.383. The summed E-state index contributed by atoms with van der Waals surface area (Å²) in [5.41, 5.74) is 8.86. The Kier molecular flexibility index (Phi) is 4.88. The molecule has 2 aromatic carbocycles. The van der Waals surface area contributed by atoms with Gasteiger partial charge in [0, 0.05) is 21.7 Å². The quantitative estimate of drug-likeness (QED) is 0.362. The van der Waals surface area contributed by atoms with Crippen LogP contribution in [0.4, 0.5) is 23.0 Å². The van der Waals surface area contributed by atoms with Gasteiger partial charge in [-0.15, -0.1) is 11.3 Å². The van der Waals surface area contributed by atoms with Crippen LogP contribution in [-0.2, 0) is 0 Å². The molecule has 0 amide bonds. The molecule has 2 aromatic heterocycles. The maximum atomic E-state index is 11.2. The molecular weight excluding hydrogens is 388 g/mol. The van der Waals surface area contributed by atoms with Gasteiger partial charge >= 0.3 is 5.69 Å². The summed E-state index contributed by atoms with van der Waals surface area (Å²) < 4.78 is 0. The normalized spacial score (nSPS) is 10.7. The van der Waals surface area contributed by atoms with Crippen molar-refractivity contribution in [3.8, 4) is 21.8 Å². The second-order valence-electron chi connectivity index (χ2n) is 6.21. The van der Waals surface area contributed by atoms with Gasteiger partial charge in [0.05, 0.1) is 10.6 Å². The first-order valence-corrected chi connectivity index (χ1v) is 9.50. The minimum absolute atomic E-state index is 0.0476. The Hall–Kier alpha value is -3.85. The van der Waals surface area contributed by atoms with E-state index < -0.39 is 4.92 Å². The van der Waals surface area contributed by atoms with Crippen LogP contribution in [0.25, 0.3) is 21.8 Å². The molecule has 0 atom stereocenters. The number of nitrogens with one attached hydrogen (secondary N) is 1. The molecule has 3 N–H and O–H groups in total. The van der Waals surface area contributed by atoms with Crippen molar-refractivity contribution < 1.29 is 4.92 Å². The lowest BCUT2D eigenvalue weighted by Crippen LogP contribution is -2.04. The lowest BCUT2D eigenvalue weighted by Gasteiger charge is -2.07. The fourth-order valence-electron chi connectivity index (χ4n) is 2.88. The number of thiazole rings is 1. The summed E-state index contributed by atoms with van der Waals surface area (Å²) in [5.74, 6) is -0.137. The van der Waals surface area contributed by atoms with Crippen LogP contribution in [0.15, 0.2) is 60.9 Å². The fourth-order valence-corrected chi connectivity index (χ4v) is 3.82. The van der Waals surface area contributed by atoms with Crippen molar-refractivity contribution in [1.82, 2.24) is 15.0 Å². The molecule has 0 radical (unpaired) electrons. The maximum Gasteiger partial charge on any atom is 0.353 e. The Labute approximate surface area is 170 Å². The van der Waals surface area contributed by atoms with Gasteiger partial charge in [-0.3, -0.25) is 10.1 Å². The second-order valence-corrected chi connectivity index (χ2v) is 7.41. The van der Waals surface area contributed by atoms with Crippen molar-refractivity contribution in [2.24, 2.45) is 0 Å². The number of nitrogens with two attached hydrogens (primary N) is 1. The third-order valence-electron chi connectivity index (χ3n) is 4.27. The van der Waals surface area contributed by atoms with Crippen LogP contribution in [0.1, 0.15) is 4.88 Å². The summed E-state index contributed by atoms with van der Waals surface area (Å²) in [6, 6.07) is 17.5. The summed E-state index contributed by atoms with van der Waals surface area (Å²) in [4.78, 5) is 24.1. The number of benzene rings is 2. The van der Waals surface area contributed by atoms with Gasteiger partial charge in [-0.2, -0.15) is 0 Å². The second kappa shape index (κ2) is 7.64. The Bertz CT molecular complexity index is 1180. The van der Waals surface area contributed by atoms with Gasteiger partial charge in [-0.1, -0.05) is 42.5 Å². The molecule has 0 bridgehead atoms. The van der Waals surface area contributed by atoms with Crippen LogP contribution in [0.2, 0.25) is 0 Å². The van der Waals surface area contributed by atoms with Gasteiger partial charge < -0.3 is 11.1 Å². The molecular formula is C20H16N6O2S. The van der Waals surface area contributed by atoms with Crippen molar-refractivity contribution in [3.05, 3.63) is 75.9 Å². The predicted octanol–water partition coefficient (Wildman–Crippen LogP) is 4.81. The Morgan fingerprint density at radius 2 is 1.76 bits per heavy atom. The number of rotatable bonds is 5. The van der Waals surface area contributed by atoms with Gasteiger partial charge in [-0.05, 0) is 19.1 Å². The van der Waals surface area contributed by atoms with E-state index in [2.05, 4.69) is 15.3 Å². The first kappa shape index (κ1) is 18.5. The highest BCUT2D eigenvalue weighted by molar-refractivity contribution is 7.15. The monoisotopic (exact) mass is 404 g/mol. The number of hydrogen-bond donors (Lipinski definition) is 2. The van der Waals surface area contributed by atoms with E-state index in [1.165, 1.54) is 6.33 Å². The summed E-state index contributed by atoms with van der Waals surface area (Å²) in [6.07, 6.45) is 1.18. The minimum atomic E-state index is -0.601. The van der Waals surface area contributed by atoms with Crippen LogP contribution in [0.5, 0.6) is 0 Å². The standard InChI is InChI=1S/C20H16N6O2S/c1-12-16(25-20(29-12)14-5-3-2-4-6-14)13-7-9-15(10-8-13)24-19-17(26(27)28)18(21)22-11-23-19/h2-11H,1H3,(H3,21,22,23,24). The van der Waals surface area contributed by atoms with Gasteiger partial charge in [-0.25, -0.2) is 15.0 Å². The molecule has 0 aliphatic heterocycles. The van der Waals surface area contributed by atoms with E-state index in [9.17, 15) is 10.1 Å². The Morgan fingerprint density at radius 1 is 1.03 bits per heavy atom. The fraction of sp³-hybridized carbons (Fsp3) is 0.0500. The van der Waals surface area contributed by atoms with E-state index >= 15 is 0 Å². The smallest absolute Gasteiger partial charge is 0.353 e. The Morgan fingerprint density at radius 3 is 2.45 bits per heavy atom. The van der Waals surface area contributed by atoms with Crippen LogP contribution in [0.3, 0.4) is 0 Å². The average Bonchev–Trinajstić information content (AvgIpc) is 3.11. The number of nitrogen functional groups attached to an aromatic ring is 1. The van der Waals surface area contributed by atoms with Crippen molar-refractivity contribution in [2.75, 3.05) is 11.1 Å². The van der Waals surface area contributed by atoms with Gasteiger partial charge in [0.1, 0.15) is 11.3 Å². The third kappa shape index (κ3) is 3.76. The predicted molar refractivity (Wildman–Crippen MR) is 114 cm³/mol. The third-order valence-corrected chi connectivity index (χ3v) is 5.29. The highest BCUT2D eigenvalue weighted by atomic mass is 32.1. The summed E-state index contributed by atoms with van der Waals surface area (Å²) >= 11 is 1.64. The minimum Gasteiger partial charge on any atom is -0.378 e. The number of nitrogens with zero attached hydrogens (tertiary/aromatic N) is 4. The van der Waals surface area contributed by atoms with E-state index in [4.69, 9.17) is 10.7 Å². The summed E-state index contributed by atoms with van der Waals surface area (Å²) in [7, 11) is 0. The molecule has 0 spiro atoms. The number of hydrogen-bond acceptors (Lipinski definition) is 8. The number of aromatic nitrogens is 3.